The average molecular weight is 366 g/mol. The zero-order chi connectivity index (χ0) is 18.6. The third-order valence-electron chi connectivity index (χ3n) is 5.69. The Labute approximate surface area is 159 Å². The third-order valence-corrected chi connectivity index (χ3v) is 5.69. The van der Waals surface area contributed by atoms with Gasteiger partial charge in [-0.1, -0.05) is 43.2 Å². The standard InChI is InChI=1S/C21H26N4O2/c26-20-14-17(15-24(20)13-11-16-6-2-1-3-7-16)21(27)23-19-10-12-22-25(19)18-8-4-5-9-18/h1-3,6-7,10,12,17-18H,4-5,8-9,11,13-15H2,(H,23,27). The molecule has 4 rings (SSSR count). The maximum Gasteiger partial charge on any atom is 0.230 e. The fraction of sp³-hybridized carbons (Fsp3) is 0.476. The van der Waals surface area contributed by atoms with E-state index in [1.807, 2.05) is 33.8 Å². The Morgan fingerprint density at radius 3 is 2.70 bits per heavy atom. The third kappa shape index (κ3) is 4.04. The topological polar surface area (TPSA) is 67.2 Å². The molecule has 2 aromatic rings. The monoisotopic (exact) mass is 366 g/mol. The summed E-state index contributed by atoms with van der Waals surface area (Å²) in [5, 5.41) is 7.40. The number of hydrogen-bond acceptors (Lipinski definition) is 3. The molecule has 1 aliphatic heterocycles. The number of hydrogen-bond donors (Lipinski definition) is 1. The van der Waals surface area contributed by atoms with E-state index < -0.39 is 0 Å². The minimum absolute atomic E-state index is 0.0652. The van der Waals surface area contributed by atoms with E-state index in [0.29, 0.717) is 19.1 Å². The van der Waals surface area contributed by atoms with Gasteiger partial charge in [0.2, 0.25) is 11.8 Å². The Morgan fingerprint density at radius 1 is 1.15 bits per heavy atom. The molecule has 1 aliphatic carbocycles. The largest absolute Gasteiger partial charge is 0.342 e. The van der Waals surface area contributed by atoms with Gasteiger partial charge in [-0.2, -0.15) is 5.10 Å². The predicted molar refractivity (Wildman–Crippen MR) is 103 cm³/mol. The smallest absolute Gasteiger partial charge is 0.230 e. The van der Waals surface area contributed by atoms with Crippen molar-refractivity contribution in [3.8, 4) is 0 Å². The SMILES string of the molecule is O=C(Nc1ccnn1C1CCCC1)C1CC(=O)N(CCc2ccccc2)C1. The fourth-order valence-corrected chi connectivity index (χ4v) is 4.15. The van der Waals surface area contributed by atoms with Gasteiger partial charge in [-0.25, -0.2) is 4.68 Å². The zero-order valence-corrected chi connectivity index (χ0v) is 15.5. The molecule has 27 heavy (non-hydrogen) atoms. The molecule has 6 nitrogen and oxygen atoms in total. The lowest BCUT2D eigenvalue weighted by Gasteiger charge is -2.18. The van der Waals surface area contributed by atoms with Crippen molar-refractivity contribution in [1.29, 1.82) is 0 Å². The van der Waals surface area contributed by atoms with Crippen LogP contribution in [0.2, 0.25) is 0 Å². The first kappa shape index (κ1) is 17.8. The first-order chi connectivity index (χ1) is 13.2. The van der Waals surface area contributed by atoms with Crippen molar-refractivity contribution in [2.75, 3.05) is 18.4 Å². The molecule has 1 saturated carbocycles. The number of likely N-dealkylation sites (tertiary alicyclic amines) is 1. The van der Waals surface area contributed by atoms with Gasteiger partial charge >= 0.3 is 0 Å². The number of anilines is 1. The summed E-state index contributed by atoms with van der Waals surface area (Å²) in [7, 11) is 0. The molecule has 1 saturated heterocycles. The van der Waals surface area contributed by atoms with Gasteiger partial charge < -0.3 is 10.2 Å². The number of benzene rings is 1. The van der Waals surface area contributed by atoms with E-state index in [-0.39, 0.29) is 24.2 Å². The summed E-state index contributed by atoms with van der Waals surface area (Å²) in [6.07, 6.45) is 7.49. The molecule has 1 unspecified atom stereocenters. The Morgan fingerprint density at radius 2 is 1.93 bits per heavy atom. The quantitative estimate of drug-likeness (QED) is 0.854. The van der Waals surface area contributed by atoms with Crippen molar-refractivity contribution < 1.29 is 9.59 Å². The van der Waals surface area contributed by atoms with Gasteiger partial charge in [-0.05, 0) is 24.8 Å². The van der Waals surface area contributed by atoms with Crippen molar-refractivity contribution >= 4 is 17.6 Å². The Balaban J connectivity index is 1.33. The molecule has 1 aromatic carbocycles. The molecule has 0 bridgehead atoms. The summed E-state index contributed by atoms with van der Waals surface area (Å²) in [5.74, 6) is 0.447. The van der Waals surface area contributed by atoms with Crippen LogP contribution in [0.15, 0.2) is 42.6 Å². The van der Waals surface area contributed by atoms with E-state index in [1.165, 1.54) is 18.4 Å². The van der Waals surface area contributed by atoms with Gasteiger partial charge in [0.1, 0.15) is 5.82 Å². The first-order valence-electron chi connectivity index (χ1n) is 9.87. The molecular weight excluding hydrogens is 340 g/mol. The number of amides is 2. The molecule has 6 heteroatoms. The van der Waals surface area contributed by atoms with Gasteiger partial charge in [0.15, 0.2) is 0 Å². The minimum Gasteiger partial charge on any atom is -0.342 e. The predicted octanol–water partition coefficient (Wildman–Crippen LogP) is 3.03. The summed E-state index contributed by atoms with van der Waals surface area (Å²) in [6, 6.07) is 12.4. The summed E-state index contributed by atoms with van der Waals surface area (Å²) in [5.41, 5.74) is 1.21. The minimum atomic E-state index is -0.291. The van der Waals surface area contributed by atoms with Crippen LogP contribution in [-0.4, -0.2) is 39.6 Å². The second-order valence-electron chi connectivity index (χ2n) is 7.56. The molecule has 1 aromatic heterocycles. The molecule has 0 spiro atoms. The number of rotatable bonds is 6. The average Bonchev–Trinajstić information content (AvgIpc) is 3.41. The zero-order valence-electron chi connectivity index (χ0n) is 15.5. The van der Waals surface area contributed by atoms with Crippen LogP contribution in [0.1, 0.15) is 43.7 Å². The van der Waals surface area contributed by atoms with Gasteiger partial charge in [0.25, 0.3) is 0 Å². The summed E-state index contributed by atoms with van der Waals surface area (Å²) in [4.78, 5) is 26.8. The van der Waals surface area contributed by atoms with Crippen LogP contribution in [0.4, 0.5) is 5.82 Å². The van der Waals surface area contributed by atoms with Crippen molar-refractivity contribution in [3.63, 3.8) is 0 Å². The lowest BCUT2D eigenvalue weighted by Crippen LogP contribution is -2.30. The molecule has 1 N–H and O–H groups in total. The van der Waals surface area contributed by atoms with Crippen LogP contribution in [0.25, 0.3) is 0 Å². The first-order valence-corrected chi connectivity index (χ1v) is 9.87. The number of carbonyl (C=O) groups is 2. The van der Waals surface area contributed by atoms with Gasteiger partial charge in [-0.3, -0.25) is 9.59 Å². The van der Waals surface area contributed by atoms with Crippen LogP contribution in [0.3, 0.4) is 0 Å². The van der Waals surface area contributed by atoms with Crippen LogP contribution < -0.4 is 5.32 Å². The van der Waals surface area contributed by atoms with Crippen LogP contribution in [0.5, 0.6) is 0 Å². The molecule has 2 amide bonds. The molecule has 0 radical (unpaired) electrons. The highest BCUT2D eigenvalue weighted by atomic mass is 16.2. The highest BCUT2D eigenvalue weighted by molar-refractivity contribution is 5.96. The second-order valence-corrected chi connectivity index (χ2v) is 7.56. The maximum absolute atomic E-state index is 12.7. The van der Waals surface area contributed by atoms with E-state index in [1.54, 1.807) is 6.20 Å². The lowest BCUT2D eigenvalue weighted by atomic mass is 10.1. The van der Waals surface area contributed by atoms with Gasteiger partial charge in [0.05, 0.1) is 18.2 Å². The normalized spacial score (nSPS) is 20.4. The lowest BCUT2D eigenvalue weighted by molar-refractivity contribution is -0.128. The van der Waals surface area contributed by atoms with Crippen LogP contribution in [0, 0.1) is 5.92 Å². The van der Waals surface area contributed by atoms with Crippen molar-refractivity contribution in [2.24, 2.45) is 5.92 Å². The van der Waals surface area contributed by atoms with Crippen molar-refractivity contribution in [3.05, 3.63) is 48.2 Å². The van der Waals surface area contributed by atoms with E-state index in [0.717, 1.165) is 25.1 Å². The summed E-state index contributed by atoms with van der Waals surface area (Å²) in [6.45, 7) is 1.15. The number of aromatic nitrogens is 2. The molecule has 1 atom stereocenters. The molecule has 2 aliphatic rings. The number of nitrogens with zero attached hydrogens (tertiary/aromatic N) is 3. The van der Waals surface area contributed by atoms with Crippen LogP contribution >= 0.6 is 0 Å². The maximum atomic E-state index is 12.7. The molecule has 142 valence electrons. The Bertz CT molecular complexity index is 796. The number of nitrogens with one attached hydrogen (secondary N) is 1. The van der Waals surface area contributed by atoms with E-state index in [9.17, 15) is 9.59 Å². The molecule has 2 heterocycles. The summed E-state index contributed by atoms with van der Waals surface area (Å²) < 4.78 is 1.94. The van der Waals surface area contributed by atoms with E-state index in [4.69, 9.17) is 0 Å². The molecule has 2 fully saturated rings. The second kappa shape index (κ2) is 7.94. The van der Waals surface area contributed by atoms with Gasteiger partial charge in [-0.15, -0.1) is 0 Å². The highest BCUT2D eigenvalue weighted by Crippen LogP contribution is 2.31. The van der Waals surface area contributed by atoms with E-state index in [2.05, 4.69) is 22.5 Å². The van der Waals surface area contributed by atoms with E-state index >= 15 is 0 Å². The Kier molecular flexibility index (Phi) is 5.23. The van der Waals surface area contributed by atoms with Crippen molar-refractivity contribution in [2.45, 2.75) is 44.6 Å². The number of carbonyl (C=O) groups excluding carboxylic acids is 2. The van der Waals surface area contributed by atoms with Crippen LogP contribution in [-0.2, 0) is 16.0 Å². The van der Waals surface area contributed by atoms with Gasteiger partial charge in [0, 0.05) is 25.6 Å². The Hall–Kier alpha value is -2.63. The molecular formula is C21H26N4O2. The fourth-order valence-electron chi connectivity index (χ4n) is 4.15. The van der Waals surface area contributed by atoms with Crippen molar-refractivity contribution in [1.82, 2.24) is 14.7 Å². The highest BCUT2D eigenvalue weighted by Gasteiger charge is 2.34. The summed E-state index contributed by atoms with van der Waals surface area (Å²) >= 11 is 0.